The van der Waals surface area contributed by atoms with Gasteiger partial charge in [0.1, 0.15) is 5.82 Å². The monoisotopic (exact) mass is 270 g/mol. The van der Waals surface area contributed by atoms with Crippen LogP contribution in [-0.2, 0) is 0 Å². The minimum Gasteiger partial charge on any atom is -0.478 e. The van der Waals surface area contributed by atoms with E-state index in [4.69, 9.17) is 5.11 Å². The van der Waals surface area contributed by atoms with Gasteiger partial charge in [0.2, 0.25) is 0 Å². The van der Waals surface area contributed by atoms with Crippen molar-refractivity contribution in [2.75, 3.05) is 5.32 Å². The number of aryl methyl sites for hydroxylation is 2. The Labute approximate surface area is 116 Å². The summed E-state index contributed by atoms with van der Waals surface area (Å²) in [5.41, 5.74) is 2.36. The summed E-state index contributed by atoms with van der Waals surface area (Å²) < 4.78 is 0. The number of anilines is 1. The van der Waals surface area contributed by atoms with Crippen LogP contribution in [0.25, 0.3) is 0 Å². The predicted molar refractivity (Wildman–Crippen MR) is 75.1 cm³/mol. The summed E-state index contributed by atoms with van der Waals surface area (Å²) in [6.45, 7) is 3.77. The van der Waals surface area contributed by atoms with Gasteiger partial charge >= 0.3 is 5.97 Å². The second-order valence-electron chi connectivity index (χ2n) is 4.51. The van der Waals surface area contributed by atoms with Crippen LogP contribution in [0.4, 0.5) is 5.82 Å². The van der Waals surface area contributed by atoms with Crippen molar-refractivity contribution in [1.29, 1.82) is 0 Å². The molecule has 0 aliphatic rings. The van der Waals surface area contributed by atoms with Crippen molar-refractivity contribution >= 4 is 17.7 Å². The molecule has 2 rings (SSSR count). The minimum atomic E-state index is -1.02. The molecule has 1 heterocycles. The van der Waals surface area contributed by atoms with Crippen LogP contribution in [0.2, 0.25) is 0 Å². The van der Waals surface area contributed by atoms with Crippen LogP contribution < -0.4 is 5.32 Å². The van der Waals surface area contributed by atoms with Crippen LogP contribution in [-0.4, -0.2) is 22.0 Å². The first kappa shape index (κ1) is 13.7. The largest absolute Gasteiger partial charge is 0.478 e. The summed E-state index contributed by atoms with van der Waals surface area (Å²) in [6, 6.07) is 9.43. The molecule has 0 spiro atoms. The average molecular weight is 270 g/mol. The maximum atomic E-state index is 12.0. The fraction of sp³-hybridized carbons (Fsp3) is 0.133. The summed E-state index contributed by atoms with van der Waals surface area (Å²) >= 11 is 0. The van der Waals surface area contributed by atoms with Crippen molar-refractivity contribution < 1.29 is 14.7 Å². The number of pyridine rings is 1. The van der Waals surface area contributed by atoms with Gasteiger partial charge in [-0.2, -0.15) is 0 Å². The van der Waals surface area contributed by atoms with E-state index in [0.29, 0.717) is 11.4 Å². The Bertz CT molecular complexity index is 643. The SMILES string of the molecule is Cc1cc(C)nc(NC(=O)c2ccc(C(=O)O)cc2)c1. The molecule has 0 unspecified atom stereocenters. The second kappa shape index (κ2) is 5.52. The Morgan fingerprint density at radius 2 is 1.65 bits per heavy atom. The number of carboxylic acids is 1. The van der Waals surface area contributed by atoms with Crippen molar-refractivity contribution in [3.05, 3.63) is 58.8 Å². The number of carbonyl (C=O) groups excluding carboxylic acids is 1. The molecule has 102 valence electrons. The van der Waals surface area contributed by atoms with Crippen LogP contribution in [0, 0.1) is 13.8 Å². The van der Waals surface area contributed by atoms with Gasteiger partial charge in [-0.1, -0.05) is 0 Å². The number of aromatic nitrogens is 1. The van der Waals surface area contributed by atoms with Gasteiger partial charge in [-0.25, -0.2) is 9.78 Å². The van der Waals surface area contributed by atoms with E-state index in [9.17, 15) is 9.59 Å². The first-order chi connectivity index (χ1) is 9.45. The molecule has 5 nitrogen and oxygen atoms in total. The van der Waals surface area contributed by atoms with Gasteiger partial charge in [0, 0.05) is 11.3 Å². The molecule has 0 saturated carbocycles. The third kappa shape index (κ3) is 3.20. The first-order valence-corrected chi connectivity index (χ1v) is 6.06. The standard InChI is InChI=1S/C15H14N2O3/c1-9-7-10(2)16-13(8-9)17-14(18)11-3-5-12(6-4-11)15(19)20/h3-8H,1-2H3,(H,19,20)(H,16,17,18). The van der Waals surface area contributed by atoms with E-state index < -0.39 is 5.97 Å². The highest BCUT2D eigenvalue weighted by atomic mass is 16.4. The molecule has 0 aliphatic heterocycles. The van der Waals surface area contributed by atoms with Gasteiger partial charge in [-0.05, 0) is 55.8 Å². The lowest BCUT2D eigenvalue weighted by Crippen LogP contribution is -2.13. The number of hydrogen-bond acceptors (Lipinski definition) is 3. The zero-order valence-electron chi connectivity index (χ0n) is 11.2. The number of aromatic carboxylic acids is 1. The van der Waals surface area contributed by atoms with E-state index in [2.05, 4.69) is 10.3 Å². The normalized spacial score (nSPS) is 10.1. The summed E-state index contributed by atoms with van der Waals surface area (Å²) in [5, 5.41) is 11.5. The Morgan fingerprint density at radius 3 is 2.20 bits per heavy atom. The molecule has 0 atom stereocenters. The number of nitrogens with zero attached hydrogens (tertiary/aromatic N) is 1. The molecule has 20 heavy (non-hydrogen) atoms. The van der Waals surface area contributed by atoms with E-state index in [0.717, 1.165) is 11.3 Å². The van der Waals surface area contributed by atoms with Crippen molar-refractivity contribution in [2.24, 2.45) is 0 Å². The Morgan fingerprint density at radius 1 is 1.05 bits per heavy atom. The van der Waals surface area contributed by atoms with Gasteiger partial charge in [0.05, 0.1) is 5.56 Å². The minimum absolute atomic E-state index is 0.145. The smallest absolute Gasteiger partial charge is 0.335 e. The topological polar surface area (TPSA) is 79.3 Å². The van der Waals surface area contributed by atoms with Gasteiger partial charge in [-0.15, -0.1) is 0 Å². The highest BCUT2D eigenvalue weighted by molar-refractivity contribution is 6.04. The third-order valence-electron chi connectivity index (χ3n) is 2.73. The molecule has 1 aromatic carbocycles. The third-order valence-corrected chi connectivity index (χ3v) is 2.73. The van der Waals surface area contributed by atoms with Crippen molar-refractivity contribution in [1.82, 2.24) is 4.98 Å². The van der Waals surface area contributed by atoms with Gasteiger partial charge in [0.15, 0.2) is 0 Å². The lowest BCUT2D eigenvalue weighted by Gasteiger charge is -2.06. The lowest BCUT2D eigenvalue weighted by atomic mass is 10.1. The molecule has 0 saturated heterocycles. The molecule has 5 heteroatoms. The fourth-order valence-electron chi connectivity index (χ4n) is 1.86. The Kier molecular flexibility index (Phi) is 3.79. The van der Waals surface area contributed by atoms with Gasteiger partial charge < -0.3 is 10.4 Å². The second-order valence-corrected chi connectivity index (χ2v) is 4.51. The lowest BCUT2D eigenvalue weighted by molar-refractivity contribution is 0.0696. The molecule has 0 radical (unpaired) electrons. The van der Waals surface area contributed by atoms with Crippen LogP contribution in [0.15, 0.2) is 36.4 Å². The number of carbonyl (C=O) groups is 2. The summed E-state index contributed by atoms with van der Waals surface area (Å²) in [5.74, 6) is -0.859. The fourth-order valence-corrected chi connectivity index (χ4v) is 1.86. The molecule has 0 fully saturated rings. The average Bonchev–Trinajstić information content (AvgIpc) is 2.37. The Hall–Kier alpha value is -2.69. The van der Waals surface area contributed by atoms with E-state index in [-0.39, 0.29) is 11.5 Å². The van der Waals surface area contributed by atoms with Crippen LogP contribution in [0.1, 0.15) is 32.0 Å². The number of carboxylic acid groups (broad SMARTS) is 1. The highest BCUT2D eigenvalue weighted by Gasteiger charge is 2.09. The molecule has 2 aromatic rings. The Balaban J connectivity index is 2.17. The van der Waals surface area contributed by atoms with E-state index in [1.54, 1.807) is 6.07 Å². The summed E-state index contributed by atoms with van der Waals surface area (Å²) in [7, 11) is 0. The van der Waals surface area contributed by atoms with Gasteiger partial charge in [0.25, 0.3) is 5.91 Å². The van der Waals surface area contributed by atoms with Crippen LogP contribution in [0.3, 0.4) is 0 Å². The summed E-state index contributed by atoms with van der Waals surface area (Å²) in [4.78, 5) is 27.0. The van der Waals surface area contributed by atoms with E-state index in [1.165, 1.54) is 24.3 Å². The number of hydrogen-bond donors (Lipinski definition) is 2. The maximum absolute atomic E-state index is 12.0. The van der Waals surface area contributed by atoms with Crippen molar-refractivity contribution in [2.45, 2.75) is 13.8 Å². The maximum Gasteiger partial charge on any atom is 0.335 e. The first-order valence-electron chi connectivity index (χ1n) is 6.06. The molecule has 0 bridgehead atoms. The zero-order valence-corrected chi connectivity index (χ0v) is 11.2. The van der Waals surface area contributed by atoms with E-state index >= 15 is 0 Å². The zero-order chi connectivity index (χ0) is 14.7. The van der Waals surface area contributed by atoms with Crippen LogP contribution in [0.5, 0.6) is 0 Å². The molecular weight excluding hydrogens is 256 g/mol. The van der Waals surface area contributed by atoms with Crippen LogP contribution >= 0.6 is 0 Å². The quantitative estimate of drug-likeness (QED) is 0.898. The highest BCUT2D eigenvalue weighted by Crippen LogP contribution is 2.11. The van der Waals surface area contributed by atoms with Gasteiger partial charge in [-0.3, -0.25) is 4.79 Å². The number of amides is 1. The van der Waals surface area contributed by atoms with Crippen molar-refractivity contribution in [3.8, 4) is 0 Å². The molecular formula is C15H14N2O3. The molecule has 0 aliphatic carbocycles. The van der Waals surface area contributed by atoms with E-state index in [1.807, 2.05) is 19.9 Å². The summed E-state index contributed by atoms with van der Waals surface area (Å²) in [6.07, 6.45) is 0. The molecule has 1 aromatic heterocycles. The molecule has 2 N–H and O–H groups in total. The number of nitrogens with one attached hydrogen (secondary N) is 1. The predicted octanol–water partition coefficient (Wildman–Crippen LogP) is 2.65. The number of benzene rings is 1. The van der Waals surface area contributed by atoms with Crippen molar-refractivity contribution in [3.63, 3.8) is 0 Å². The molecule has 1 amide bonds. The number of rotatable bonds is 3.